The lowest BCUT2D eigenvalue weighted by atomic mass is 9.77. The third kappa shape index (κ3) is 3.43. The summed E-state index contributed by atoms with van der Waals surface area (Å²) in [4.78, 5) is 24.3. The lowest BCUT2D eigenvalue weighted by Gasteiger charge is -2.25. The number of carbonyl (C=O) groups excluding carboxylic acids is 1. The van der Waals surface area contributed by atoms with Crippen molar-refractivity contribution in [1.82, 2.24) is 4.90 Å². The Kier molecular flexibility index (Phi) is 4.88. The highest BCUT2D eigenvalue weighted by atomic mass is 16.5. The fraction of sp³-hybridized carbons (Fsp3) is 0.579. The van der Waals surface area contributed by atoms with Crippen LogP contribution in [0.4, 0.5) is 4.79 Å². The maximum atomic E-state index is 11.7. The van der Waals surface area contributed by atoms with Crippen molar-refractivity contribution in [2.24, 2.45) is 5.41 Å². The van der Waals surface area contributed by atoms with E-state index in [1.54, 1.807) is 7.11 Å². The first kappa shape index (κ1) is 17.6. The van der Waals surface area contributed by atoms with Crippen LogP contribution in [0.15, 0.2) is 18.2 Å². The number of carbonyl (C=O) groups is 2. The van der Waals surface area contributed by atoms with Crippen molar-refractivity contribution >= 4 is 12.4 Å². The van der Waals surface area contributed by atoms with Crippen LogP contribution in [0.2, 0.25) is 0 Å². The molecule has 2 atom stereocenters. The second-order valence-electron chi connectivity index (χ2n) is 7.27. The fourth-order valence-corrected chi connectivity index (χ4v) is 3.95. The molecule has 1 saturated heterocycles. The number of carboxylic acid groups (broad SMARTS) is 1. The Hall–Kier alpha value is -2.24. The van der Waals surface area contributed by atoms with Crippen LogP contribution in [0, 0.1) is 5.41 Å². The quantitative estimate of drug-likeness (QED) is 0.827. The molecule has 1 saturated carbocycles. The number of aldehydes is 1. The number of likely N-dealkylation sites (tertiary alicyclic amines) is 1. The molecule has 1 aromatic carbocycles. The van der Waals surface area contributed by atoms with Gasteiger partial charge in [0.15, 0.2) is 11.5 Å². The lowest BCUT2D eigenvalue weighted by Crippen LogP contribution is -2.30. The van der Waals surface area contributed by atoms with Crippen LogP contribution >= 0.6 is 0 Å². The molecule has 1 aromatic rings. The Morgan fingerprint density at radius 1 is 1.32 bits per heavy atom. The lowest BCUT2D eigenvalue weighted by molar-refractivity contribution is -0.115. The second kappa shape index (κ2) is 6.94. The van der Waals surface area contributed by atoms with Gasteiger partial charge in [-0.1, -0.05) is 13.0 Å². The van der Waals surface area contributed by atoms with E-state index in [0.29, 0.717) is 18.0 Å². The summed E-state index contributed by atoms with van der Waals surface area (Å²) in [7, 11) is 1.60. The molecule has 0 radical (unpaired) electrons. The third-order valence-corrected chi connectivity index (χ3v) is 5.46. The Bertz CT molecular complexity index is 655. The van der Waals surface area contributed by atoms with E-state index < -0.39 is 11.5 Å². The van der Waals surface area contributed by atoms with E-state index >= 15 is 0 Å². The van der Waals surface area contributed by atoms with Crippen LogP contribution in [0.1, 0.15) is 44.1 Å². The highest BCUT2D eigenvalue weighted by molar-refractivity contribution is 5.70. The molecule has 6 nitrogen and oxygen atoms in total. The van der Waals surface area contributed by atoms with Gasteiger partial charge in [0, 0.05) is 24.4 Å². The van der Waals surface area contributed by atoms with Gasteiger partial charge >= 0.3 is 6.09 Å². The van der Waals surface area contributed by atoms with E-state index in [0.717, 1.165) is 24.7 Å². The van der Waals surface area contributed by atoms with E-state index in [1.165, 1.54) is 17.7 Å². The SMILES string of the molecule is COc1ccc(C2CN(C(=O)O)CC2(C)C=O)cc1OC1CCCC1. The van der Waals surface area contributed by atoms with Crippen molar-refractivity contribution in [1.29, 1.82) is 0 Å². The second-order valence-corrected chi connectivity index (χ2v) is 7.27. The molecule has 6 heteroatoms. The smallest absolute Gasteiger partial charge is 0.407 e. The molecule has 0 aromatic heterocycles. The standard InChI is InChI=1S/C19H25NO5/c1-19(12-21)11-20(18(22)23)10-15(19)13-7-8-16(24-2)17(9-13)25-14-5-3-4-6-14/h7-9,12,14-15H,3-6,10-11H2,1-2H3,(H,22,23). The summed E-state index contributed by atoms with van der Waals surface area (Å²) < 4.78 is 11.5. The van der Waals surface area contributed by atoms with Crippen molar-refractivity contribution in [2.45, 2.75) is 44.6 Å². The highest BCUT2D eigenvalue weighted by Crippen LogP contribution is 2.44. The molecule has 25 heavy (non-hydrogen) atoms. The third-order valence-electron chi connectivity index (χ3n) is 5.46. The number of ether oxygens (including phenoxy) is 2. The molecule has 2 unspecified atom stereocenters. The van der Waals surface area contributed by atoms with E-state index in [9.17, 15) is 14.7 Å². The van der Waals surface area contributed by atoms with Gasteiger partial charge in [-0.15, -0.1) is 0 Å². The number of hydrogen-bond donors (Lipinski definition) is 1. The van der Waals surface area contributed by atoms with E-state index in [1.807, 2.05) is 25.1 Å². The minimum Gasteiger partial charge on any atom is -0.493 e. The maximum Gasteiger partial charge on any atom is 0.407 e. The maximum absolute atomic E-state index is 11.7. The van der Waals surface area contributed by atoms with Gasteiger partial charge < -0.3 is 24.3 Å². The largest absolute Gasteiger partial charge is 0.493 e. The minimum absolute atomic E-state index is 0.195. The fourth-order valence-electron chi connectivity index (χ4n) is 3.95. The van der Waals surface area contributed by atoms with Crippen LogP contribution in [-0.4, -0.2) is 48.7 Å². The average molecular weight is 347 g/mol. The van der Waals surface area contributed by atoms with Crippen LogP contribution < -0.4 is 9.47 Å². The summed E-state index contributed by atoms with van der Waals surface area (Å²) in [5, 5.41) is 9.30. The summed E-state index contributed by atoms with van der Waals surface area (Å²) in [6, 6.07) is 5.65. The van der Waals surface area contributed by atoms with Crippen LogP contribution in [-0.2, 0) is 4.79 Å². The summed E-state index contributed by atoms with van der Waals surface area (Å²) >= 11 is 0. The predicted octanol–water partition coefficient (Wildman–Crippen LogP) is 3.30. The zero-order valence-corrected chi connectivity index (χ0v) is 14.7. The number of amides is 1. The van der Waals surface area contributed by atoms with E-state index in [2.05, 4.69) is 0 Å². The Morgan fingerprint density at radius 2 is 2.04 bits per heavy atom. The number of rotatable bonds is 5. The molecule has 1 aliphatic carbocycles. The number of nitrogens with zero attached hydrogens (tertiary/aromatic N) is 1. The van der Waals surface area contributed by atoms with Gasteiger partial charge in [0.2, 0.25) is 0 Å². The molecule has 0 spiro atoms. The van der Waals surface area contributed by atoms with E-state index in [-0.39, 0.29) is 18.6 Å². The first-order chi connectivity index (χ1) is 12.0. The molecular formula is C19H25NO5. The molecule has 1 heterocycles. The van der Waals surface area contributed by atoms with Crippen molar-refractivity contribution in [3.05, 3.63) is 23.8 Å². The first-order valence-corrected chi connectivity index (χ1v) is 8.75. The molecule has 3 rings (SSSR count). The molecule has 2 aliphatic rings. The minimum atomic E-state index is -0.994. The zero-order chi connectivity index (χ0) is 18.0. The molecule has 136 valence electrons. The highest BCUT2D eigenvalue weighted by Gasteiger charge is 2.45. The number of methoxy groups -OCH3 is 1. The van der Waals surface area contributed by atoms with Gasteiger partial charge in [-0.25, -0.2) is 4.79 Å². The average Bonchev–Trinajstić information content (AvgIpc) is 3.23. The first-order valence-electron chi connectivity index (χ1n) is 8.75. The van der Waals surface area contributed by atoms with Gasteiger partial charge in [0.05, 0.1) is 13.2 Å². The summed E-state index contributed by atoms with van der Waals surface area (Å²) in [5.74, 6) is 1.14. The Morgan fingerprint density at radius 3 is 2.64 bits per heavy atom. The number of benzene rings is 1. The summed E-state index contributed by atoms with van der Waals surface area (Å²) in [5.41, 5.74) is 0.171. The Balaban J connectivity index is 1.90. The van der Waals surface area contributed by atoms with Crippen molar-refractivity contribution in [3.8, 4) is 11.5 Å². The normalized spacial score (nSPS) is 26.6. The van der Waals surface area contributed by atoms with Crippen LogP contribution in [0.3, 0.4) is 0 Å². The molecule has 2 fully saturated rings. The van der Waals surface area contributed by atoms with Crippen LogP contribution in [0.5, 0.6) is 11.5 Å². The summed E-state index contributed by atoms with van der Waals surface area (Å²) in [6.07, 6.45) is 4.50. The molecular weight excluding hydrogens is 322 g/mol. The monoisotopic (exact) mass is 347 g/mol. The van der Waals surface area contributed by atoms with E-state index in [4.69, 9.17) is 9.47 Å². The van der Waals surface area contributed by atoms with Gasteiger partial charge in [-0.05, 0) is 43.4 Å². The molecule has 1 amide bonds. The van der Waals surface area contributed by atoms with Crippen LogP contribution in [0.25, 0.3) is 0 Å². The topological polar surface area (TPSA) is 76.1 Å². The Labute approximate surface area is 147 Å². The number of hydrogen-bond acceptors (Lipinski definition) is 4. The van der Waals surface area contributed by atoms with Crippen molar-refractivity contribution in [3.63, 3.8) is 0 Å². The van der Waals surface area contributed by atoms with Gasteiger partial charge in [-0.2, -0.15) is 0 Å². The van der Waals surface area contributed by atoms with Gasteiger partial charge in [-0.3, -0.25) is 0 Å². The van der Waals surface area contributed by atoms with Crippen molar-refractivity contribution < 1.29 is 24.2 Å². The van der Waals surface area contributed by atoms with Gasteiger partial charge in [0.1, 0.15) is 6.29 Å². The summed E-state index contributed by atoms with van der Waals surface area (Å²) in [6.45, 7) is 2.33. The zero-order valence-electron chi connectivity index (χ0n) is 14.7. The van der Waals surface area contributed by atoms with Gasteiger partial charge in [0.25, 0.3) is 0 Å². The molecule has 1 aliphatic heterocycles. The molecule has 1 N–H and O–H groups in total. The molecule has 0 bridgehead atoms. The predicted molar refractivity (Wildman–Crippen MR) is 92.4 cm³/mol. The van der Waals surface area contributed by atoms with Crippen molar-refractivity contribution in [2.75, 3.05) is 20.2 Å².